The smallest absolute Gasteiger partial charge is 0.275 e. The van der Waals surface area contributed by atoms with E-state index in [4.69, 9.17) is 9.47 Å². The maximum absolute atomic E-state index is 12.6. The van der Waals surface area contributed by atoms with Crippen LogP contribution in [0, 0.1) is 5.92 Å². The van der Waals surface area contributed by atoms with Gasteiger partial charge >= 0.3 is 0 Å². The summed E-state index contributed by atoms with van der Waals surface area (Å²) in [6, 6.07) is 5.87. The molecule has 6 nitrogen and oxygen atoms in total. The highest BCUT2D eigenvalue weighted by molar-refractivity contribution is 5.76. The number of amides is 1. The Bertz CT molecular complexity index is 695. The summed E-state index contributed by atoms with van der Waals surface area (Å²) in [7, 11) is 3.34. The van der Waals surface area contributed by atoms with Crippen LogP contribution < -0.4 is 19.7 Å². The van der Waals surface area contributed by atoms with Gasteiger partial charge < -0.3 is 24.8 Å². The molecule has 1 aromatic rings. The number of piperidine rings is 1. The second-order valence-corrected chi connectivity index (χ2v) is 8.58. The highest BCUT2D eigenvalue weighted by Crippen LogP contribution is 2.46. The lowest BCUT2D eigenvalue weighted by Crippen LogP contribution is -3.16. The van der Waals surface area contributed by atoms with Crippen LogP contribution in [0.5, 0.6) is 11.5 Å². The van der Waals surface area contributed by atoms with Gasteiger partial charge in [0.25, 0.3) is 5.91 Å². The third-order valence-electron chi connectivity index (χ3n) is 6.80. The molecule has 0 radical (unpaired) electrons. The number of benzene rings is 1. The molecule has 3 rings (SSSR count). The molecule has 1 unspecified atom stereocenters. The Labute approximate surface area is 174 Å². The standard InChI is InChI=1S/C23H36N2O4/c1-4-5-13-24-21(26)16-25-14-12-23(27)11-7-6-8-19(23)22(25)18-15-17(28-2)9-10-20(18)29-3/h9-10,15,19,22,27H,4-8,11-14,16H2,1-3H3,(H,24,26)/p+1/t19-,22+,23+/m1/s1. The van der Waals surface area contributed by atoms with Crippen molar-refractivity contribution in [2.45, 2.75) is 63.5 Å². The summed E-state index contributed by atoms with van der Waals surface area (Å²) < 4.78 is 11.2. The van der Waals surface area contributed by atoms with Gasteiger partial charge in [0.1, 0.15) is 17.5 Å². The van der Waals surface area contributed by atoms with Gasteiger partial charge in [-0.05, 0) is 37.5 Å². The van der Waals surface area contributed by atoms with Crippen molar-refractivity contribution in [1.82, 2.24) is 5.32 Å². The number of nitrogens with one attached hydrogen (secondary N) is 2. The molecule has 1 heterocycles. The third-order valence-corrected chi connectivity index (χ3v) is 6.80. The van der Waals surface area contributed by atoms with Crippen molar-refractivity contribution in [1.29, 1.82) is 0 Å². The first-order valence-electron chi connectivity index (χ1n) is 11.1. The van der Waals surface area contributed by atoms with E-state index in [-0.39, 0.29) is 17.9 Å². The number of likely N-dealkylation sites (tertiary alicyclic amines) is 1. The molecule has 6 heteroatoms. The lowest BCUT2D eigenvalue weighted by Gasteiger charge is -2.50. The number of hydrogen-bond donors (Lipinski definition) is 3. The van der Waals surface area contributed by atoms with Crippen LogP contribution in [0.25, 0.3) is 0 Å². The fraction of sp³-hybridized carbons (Fsp3) is 0.696. The van der Waals surface area contributed by atoms with E-state index in [2.05, 4.69) is 12.2 Å². The summed E-state index contributed by atoms with van der Waals surface area (Å²) in [5.74, 6) is 1.78. The Morgan fingerprint density at radius 2 is 2.10 bits per heavy atom. The molecule has 2 aliphatic rings. The van der Waals surface area contributed by atoms with Crippen molar-refractivity contribution >= 4 is 5.91 Å². The van der Waals surface area contributed by atoms with Gasteiger partial charge in [0.2, 0.25) is 0 Å². The highest BCUT2D eigenvalue weighted by atomic mass is 16.5. The van der Waals surface area contributed by atoms with E-state index in [0.29, 0.717) is 6.54 Å². The topological polar surface area (TPSA) is 72.2 Å². The molecule has 2 fully saturated rings. The van der Waals surface area contributed by atoms with Gasteiger partial charge in [0.15, 0.2) is 6.54 Å². The van der Waals surface area contributed by atoms with Gasteiger partial charge in [-0.15, -0.1) is 0 Å². The summed E-state index contributed by atoms with van der Waals surface area (Å²) >= 11 is 0. The number of fused-ring (bicyclic) bond motifs is 1. The normalized spacial score (nSPS) is 29.0. The molecule has 1 amide bonds. The summed E-state index contributed by atoms with van der Waals surface area (Å²) in [6.45, 7) is 4.04. The van der Waals surface area contributed by atoms with Gasteiger partial charge in [-0.2, -0.15) is 0 Å². The van der Waals surface area contributed by atoms with Crippen LogP contribution in [-0.4, -0.2) is 50.5 Å². The number of ether oxygens (including phenoxy) is 2. The van der Waals surface area contributed by atoms with Crippen molar-refractivity contribution in [3.8, 4) is 11.5 Å². The van der Waals surface area contributed by atoms with E-state index in [1.165, 1.54) is 4.90 Å². The fourth-order valence-corrected chi connectivity index (χ4v) is 5.24. The molecule has 1 aliphatic carbocycles. The second-order valence-electron chi connectivity index (χ2n) is 8.58. The van der Waals surface area contributed by atoms with E-state index in [1.807, 2.05) is 18.2 Å². The Kier molecular flexibility index (Phi) is 7.41. The Morgan fingerprint density at radius 1 is 1.28 bits per heavy atom. The van der Waals surface area contributed by atoms with Crippen LogP contribution in [0.15, 0.2) is 18.2 Å². The van der Waals surface area contributed by atoms with Gasteiger partial charge in [-0.1, -0.05) is 26.2 Å². The van der Waals surface area contributed by atoms with Gasteiger partial charge in [0, 0.05) is 18.9 Å². The minimum absolute atomic E-state index is 0.0102. The highest BCUT2D eigenvalue weighted by Gasteiger charge is 2.52. The largest absolute Gasteiger partial charge is 0.497 e. The first kappa shape index (κ1) is 21.9. The third kappa shape index (κ3) is 4.86. The molecule has 4 atom stereocenters. The zero-order chi connectivity index (χ0) is 20.9. The lowest BCUT2D eigenvalue weighted by atomic mass is 9.66. The lowest BCUT2D eigenvalue weighted by molar-refractivity contribution is -0.937. The summed E-state index contributed by atoms with van der Waals surface area (Å²) in [5.41, 5.74) is 0.382. The van der Waals surface area contributed by atoms with Crippen LogP contribution >= 0.6 is 0 Å². The first-order chi connectivity index (χ1) is 14.0. The minimum Gasteiger partial charge on any atom is -0.497 e. The molecule has 1 saturated carbocycles. The van der Waals surface area contributed by atoms with Crippen molar-refractivity contribution in [3.63, 3.8) is 0 Å². The molecular formula is C23H37N2O4+. The molecule has 1 saturated heterocycles. The Balaban J connectivity index is 1.92. The average molecular weight is 406 g/mol. The average Bonchev–Trinajstić information content (AvgIpc) is 2.73. The number of rotatable bonds is 8. The van der Waals surface area contributed by atoms with Crippen molar-refractivity contribution in [3.05, 3.63) is 23.8 Å². The zero-order valence-electron chi connectivity index (χ0n) is 18.1. The van der Waals surface area contributed by atoms with Crippen molar-refractivity contribution < 1.29 is 24.3 Å². The van der Waals surface area contributed by atoms with E-state index in [0.717, 1.165) is 75.1 Å². The molecule has 1 aliphatic heterocycles. The summed E-state index contributed by atoms with van der Waals surface area (Å²) in [5, 5.41) is 14.5. The predicted octanol–water partition coefficient (Wildman–Crippen LogP) is 1.87. The second kappa shape index (κ2) is 9.81. The molecule has 0 bridgehead atoms. The molecule has 29 heavy (non-hydrogen) atoms. The van der Waals surface area contributed by atoms with E-state index in [9.17, 15) is 9.90 Å². The van der Waals surface area contributed by atoms with Gasteiger partial charge in [0.05, 0.1) is 31.9 Å². The maximum Gasteiger partial charge on any atom is 0.275 e. The van der Waals surface area contributed by atoms with E-state index in [1.54, 1.807) is 14.2 Å². The quantitative estimate of drug-likeness (QED) is 0.578. The molecule has 162 valence electrons. The van der Waals surface area contributed by atoms with Crippen LogP contribution in [0.1, 0.15) is 63.5 Å². The Hall–Kier alpha value is -1.79. The molecule has 1 aromatic carbocycles. The first-order valence-corrected chi connectivity index (χ1v) is 11.1. The summed E-state index contributed by atoms with van der Waals surface area (Å²) in [6.07, 6.45) is 6.82. The molecule has 0 aromatic heterocycles. The molecule has 3 N–H and O–H groups in total. The fourth-order valence-electron chi connectivity index (χ4n) is 5.24. The number of carbonyl (C=O) groups excluding carboxylic acids is 1. The van der Waals surface area contributed by atoms with Crippen LogP contribution in [0.2, 0.25) is 0 Å². The molecule has 0 spiro atoms. The maximum atomic E-state index is 12.6. The number of quaternary nitrogens is 1. The predicted molar refractivity (Wildman–Crippen MR) is 112 cm³/mol. The van der Waals surface area contributed by atoms with E-state index >= 15 is 0 Å². The number of methoxy groups -OCH3 is 2. The van der Waals surface area contributed by atoms with Crippen molar-refractivity contribution in [2.75, 3.05) is 33.9 Å². The monoisotopic (exact) mass is 405 g/mol. The number of hydrogen-bond acceptors (Lipinski definition) is 4. The van der Waals surface area contributed by atoms with Crippen LogP contribution in [0.3, 0.4) is 0 Å². The van der Waals surface area contributed by atoms with E-state index < -0.39 is 5.60 Å². The molecular weight excluding hydrogens is 368 g/mol. The zero-order valence-corrected chi connectivity index (χ0v) is 18.1. The number of carbonyl (C=O) groups is 1. The van der Waals surface area contributed by atoms with Crippen LogP contribution in [-0.2, 0) is 4.79 Å². The summed E-state index contributed by atoms with van der Waals surface area (Å²) in [4.78, 5) is 13.8. The Morgan fingerprint density at radius 3 is 2.83 bits per heavy atom. The van der Waals surface area contributed by atoms with Gasteiger partial charge in [-0.3, -0.25) is 4.79 Å². The number of aliphatic hydroxyl groups is 1. The van der Waals surface area contributed by atoms with Gasteiger partial charge in [-0.25, -0.2) is 0 Å². The number of unbranched alkanes of at least 4 members (excludes halogenated alkanes) is 1. The van der Waals surface area contributed by atoms with Crippen molar-refractivity contribution in [2.24, 2.45) is 5.92 Å². The SMILES string of the molecule is CCCCNC(=O)C[NH+]1CC[C@@]2(O)CCCC[C@@H]2[C@@H]1c1cc(OC)ccc1OC. The minimum atomic E-state index is -0.654. The van der Waals surface area contributed by atoms with Crippen LogP contribution in [0.4, 0.5) is 0 Å².